The first kappa shape index (κ1) is 66.8. The number of nitrogens with zero attached hydrogens (tertiary/aromatic N) is 1. The summed E-state index contributed by atoms with van der Waals surface area (Å²) in [6.45, 7) is 4.40. The first-order chi connectivity index (χ1) is 35.9. The van der Waals surface area contributed by atoms with Crippen molar-refractivity contribution >= 4 is 77.0 Å². The zero-order valence-electron chi connectivity index (χ0n) is 42.9. The van der Waals surface area contributed by atoms with E-state index in [9.17, 15) is 88.2 Å². The third-order valence-electron chi connectivity index (χ3n) is 11.3. The van der Waals surface area contributed by atoms with Gasteiger partial charge in [-0.2, -0.15) is 0 Å². The molecule has 0 unspecified atom stereocenters. The molecule has 0 aliphatic heterocycles. The molecule has 12 atom stereocenters. The molecule has 0 aliphatic carbocycles. The number of rotatable bonds is 34. The summed E-state index contributed by atoms with van der Waals surface area (Å²) in [4.78, 5) is 160. The number of aliphatic hydroxyl groups excluding tert-OH is 3. The van der Waals surface area contributed by atoms with Crippen molar-refractivity contribution in [3.05, 3.63) is 29.8 Å². The Bertz CT molecular complexity index is 2280. The van der Waals surface area contributed by atoms with Crippen LogP contribution in [0.1, 0.15) is 72.3 Å². The highest BCUT2D eigenvalue weighted by atomic mass is 16.4. The molecule has 0 saturated heterocycles. The number of hydrogen-bond donors (Lipinski definition) is 19. The lowest BCUT2D eigenvalue weighted by Gasteiger charge is -2.30. The number of carboxylic acids is 2. The number of primary amides is 1. The number of hydrogen-bond acceptors (Lipinski definition) is 18. The topological polar surface area (TPSA) is 551 Å². The number of aromatic hydroxyl groups is 1. The second-order valence-electron chi connectivity index (χ2n) is 17.8. The van der Waals surface area contributed by atoms with Crippen LogP contribution in [0.3, 0.4) is 0 Å². The van der Waals surface area contributed by atoms with Crippen molar-refractivity contribution in [1.29, 1.82) is 0 Å². The summed E-state index contributed by atoms with van der Waals surface area (Å²) in [6.07, 6.45) is -3.89. The van der Waals surface area contributed by atoms with Crippen LogP contribution >= 0.6 is 0 Å². The minimum absolute atomic E-state index is 0.0266. The van der Waals surface area contributed by atoms with Gasteiger partial charge in [0.15, 0.2) is 5.96 Å². The third kappa shape index (κ3) is 23.9. The number of phenols is 1. The standard InChI is InChI=1S/C45H72N14O18/c1-6-19(2)33(42(74)59-34(22(5)62)43(75)52-25(44(76)77)8-7-13-50-45(48)49)58-39(71)26(14-23-9-11-24(63)12-10-23)54-37(69)27(15-31(47)64)55-40(72)29(17-60)57-41(73)30(18-61)56-38(70)28(16-32(65)66)53-36(68)21(4)51-35(67)20(3)46/h9-12,19-22,25-30,33-34,60-63H,6-8,13-18,46H2,1-5H3,(H2,47,64)(H,51,67)(H,52,75)(H,53,68)(H,54,69)(H,55,72)(H,56,70)(H,57,73)(H,58,71)(H,59,74)(H,65,66)(H,76,77)(H4,48,49,50)/t19-,20+,21+,22+,25-,26-,27-,28-,29-,30-,33-,34-/m0/s1. The highest BCUT2D eigenvalue weighted by molar-refractivity contribution is 6.00. The van der Waals surface area contributed by atoms with Crippen molar-refractivity contribution in [2.75, 3.05) is 19.8 Å². The van der Waals surface area contributed by atoms with Crippen molar-refractivity contribution in [1.82, 2.24) is 47.9 Å². The van der Waals surface area contributed by atoms with Crippen molar-refractivity contribution in [2.45, 2.75) is 140 Å². The molecular weight excluding hydrogens is 1020 g/mol. The molecule has 10 amide bonds. The Hall–Kier alpha value is -8.23. The van der Waals surface area contributed by atoms with Crippen LogP contribution in [0.4, 0.5) is 0 Å². The Morgan fingerprint density at radius 1 is 0.558 bits per heavy atom. The molecule has 32 heteroatoms. The maximum atomic E-state index is 14.2. The van der Waals surface area contributed by atoms with E-state index in [2.05, 4.69) is 42.2 Å². The van der Waals surface area contributed by atoms with Crippen molar-refractivity contribution < 1.29 is 88.2 Å². The van der Waals surface area contributed by atoms with Gasteiger partial charge in [0.1, 0.15) is 60.1 Å². The lowest BCUT2D eigenvalue weighted by molar-refractivity contribution is -0.143. The molecule has 0 saturated carbocycles. The number of carbonyl (C=O) groups excluding carboxylic acids is 10. The number of nitrogens with two attached hydrogens (primary N) is 4. The second kappa shape index (κ2) is 32.9. The number of aliphatic imine (C=N–C) groups is 1. The Labute approximate surface area is 441 Å². The minimum atomic E-state index is -2.02. The largest absolute Gasteiger partial charge is 0.508 e. The van der Waals surface area contributed by atoms with Gasteiger partial charge in [-0.3, -0.25) is 57.7 Å². The summed E-state index contributed by atoms with van der Waals surface area (Å²) in [5.74, 6) is -15.8. The van der Waals surface area contributed by atoms with Gasteiger partial charge < -0.3 is 101 Å². The van der Waals surface area contributed by atoms with E-state index in [0.717, 1.165) is 6.92 Å². The Morgan fingerprint density at radius 3 is 1.45 bits per heavy atom. The lowest BCUT2D eigenvalue weighted by atomic mass is 9.96. The maximum absolute atomic E-state index is 14.2. The van der Waals surface area contributed by atoms with Gasteiger partial charge in [0.2, 0.25) is 59.1 Å². The number of benzene rings is 1. The van der Waals surface area contributed by atoms with E-state index in [1.807, 2.05) is 10.6 Å². The van der Waals surface area contributed by atoms with Crippen LogP contribution in [-0.4, -0.2) is 194 Å². The maximum Gasteiger partial charge on any atom is 0.326 e. The minimum Gasteiger partial charge on any atom is -0.508 e. The van der Waals surface area contributed by atoms with Gasteiger partial charge in [0.05, 0.1) is 38.2 Å². The van der Waals surface area contributed by atoms with Crippen molar-refractivity contribution in [3.8, 4) is 5.75 Å². The number of aliphatic carboxylic acids is 2. The van der Waals surface area contributed by atoms with Gasteiger partial charge in [0.25, 0.3) is 0 Å². The predicted molar refractivity (Wildman–Crippen MR) is 267 cm³/mol. The van der Waals surface area contributed by atoms with Crippen LogP contribution in [0.25, 0.3) is 0 Å². The van der Waals surface area contributed by atoms with E-state index in [1.165, 1.54) is 45.0 Å². The summed E-state index contributed by atoms with van der Waals surface area (Å²) in [5.41, 5.74) is 21.7. The van der Waals surface area contributed by atoms with E-state index in [4.69, 9.17) is 22.9 Å². The fourth-order valence-electron chi connectivity index (χ4n) is 6.68. The number of guanidine groups is 1. The molecule has 0 radical (unpaired) electrons. The Balaban J connectivity index is 3.44. The lowest BCUT2D eigenvalue weighted by Crippen LogP contribution is -2.62. The number of aliphatic hydroxyl groups is 3. The zero-order valence-corrected chi connectivity index (χ0v) is 42.9. The molecule has 0 aromatic heterocycles. The predicted octanol–water partition coefficient (Wildman–Crippen LogP) is -8.44. The Morgan fingerprint density at radius 2 is 1.00 bits per heavy atom. The number of nitrogens with one attached hydrogen (secondary N) is 9. The van der Waals surface area contributed by atoms with Crippen LogP contribution in [-0.2, 0) is 64.0 Å². The molecule has 23 N–H and O–H groups in total. The fourth-order valence-corrected chi connectivity index (χ4v) is 6.68. The van der Waals surface area contributed by atoms with Gasteiger partial charge in [-0.05, 0) is 57.2 Å². The third-order valence-corrected chi connectivity index (χ3v) is 11.3. The first-order valence-corrected chi connectivity index (χ1v) is 23.9. The summed E-state index contributed by atoms with van der Waals surface area (Å²) < 4.78 is 0. The first-order valence-electron chi connectivity index (χ1n) is 23.9. The molecule has 1 aromatic carbocycles. The summed E-state index contributed by atoms with van der Waals surface area (Å²) in [7, 11) is 0. The second-order valence-corrected chi connectivity index (χ2v) is 17.8. The smallest absolute Gasteiger partial charge is 0.326 e. The number of phenolic OH excluding ortho intramolecular Hbond substituents is 1. The molecule has 1 rings (SSSR count). The van der Waals surface area contributed by atoms with Gasteiger partial charge >= 0.3 is 11.9 Å². The van der Waals surface area contributed by atoms with E-state index >= 15 is 0 Å². The van der Waals surface area contributed by atoms with Gasteiger partial charge in [0, 0.05) is 13.0 Å². The van der Waals surface area contributed by atoms with Crippen LogP contribution in [0.5, 0.6) is 5.75 Å². The number of amides is 10. The van der Waals surface area contributed by atoms with Gasteiger partial charge in [-0.15, -0.1) is 0 Å². The van der Waals surface area contributed by atoms with Crippen LogP contribution in [0.2, 0.25) is 0 Å². The average Bonchev–Trinajstić information content (AvgIpc) is 3.35. The van der Waals surface area contributed by atoms with E-state index < -0.39 is 176 Å². The fraction of sp³-hybridized carbons (Fsp3) is 0.578. The molecule has 430 valence electrons. The van der Waals surface area contributed by atoms with E-state index in [1.54, 1.807) is 6.92 Å². The normalized spacial score (nSPS) is 15.6. The van der Waals surface area contributed by atoms with Crippen LogP contribution in [0.15, 0.2) is 29.3 Å². The van der Waals surface area contributed by atoms with Crippen LogP contribution < -0.4 is 70.8 Å². The molecule has 0 fully saturated rings. The number of carboxylic acid groups (broad SMARTS) is 2. The monoisotopic (exact) mass is 1100 g/mol. The molecule has 32 nitrogen and oxygen atoms in total. The molecule has 0 aliphatic rings. The van der Waals surface area contributed by atoms with E-state index in [-0.39, 0.29) is 37.5 Å². The molecule has 0 spiro atoms. The average molecular weight is 1100 g/mol. The summed E-state index contributed by atoms with van der Waals surface area (Å²) in [5, 5.41) is 79.5. The molecule has 1 aromatic rings. The Kier molecular flexibility index (Phi) is 28.6. The highest BCUT2D eigenvalue weighted by Gasteiger charge is 2.37. The quantitative estimate of drug-likeness (QED) is 0.0173. The summed E-state index contributed by atoms with van der Waals surface area (Å²) in [6, 6.07) is -11.5. The SMILES string of the molecule is CC[C@H](C)[C@H](NC(=O)[C@H](Cc1ccc(O)cc1)NC(=O)[C@H](CC(N)=O)NC(=O)[C@H](CO)NC(=O)[C@H](CO)NC(=O)[C@H](CC(=O)O)NC(=O)[C@@H](C)NC(=O)[C@@H](C)N)C(=O)N[C@H](C(=O)N[C@@H](CCCN=C(N)N)C(=O)O)[C@@H](C)O. The van der Waals surface area contributed by atoms with Gasteiger partial charge in [-0.1, -0.05) is 32.4 Å². The zero-order chi connectivity index (χ0) is 58.9. The summed E-state index contributed by atoms with van der Waals surface area (Å²) >= 11 is 0. The molecule has 0 bridgehead atoms. The number of carbonyl (C=O) groups is 12. The van der Waals surface area contributed by atoms with E-state index in [0.29, 0.717) is 5.56 Å². The molecule has 77 heavy (non-hydrogen) atoms. The molecule has 0 heterocycles. The van der Waals surface area contributed by atoms with Crippen molar-refractivity contribution in [3.63, 3.8) is 0 Å². The van der Waals surface area contributed by atoms with Gasteiger partial charge in [-0.25, -0.2) is 4.79 Å². The highest BCUT2D eigenvalue weighted by Crippen LogP contribution is 2.14. The molecular formula is C45H72N14O18. The van der Waals surface area contributed by atoms with Crippen LogP contribution in [0, 0.1) is 5.92 Å². The van der Waals surface area contributed by atoms with Crippen molar-refractivity contribution in [2.24, 2.45) is 33.8 Å².